The molecule has 1 fully saturated rings. The number of anilines is 1. The lowest BCUT2D eigenvalue weighted by atomic mass is 10.0. The Kier molecular flexibility index (Phi) is 2.08. The van der Waals surface area contributed by atoms with Gasteiger partial charge in [0.2, 0.25) is 5.95 Å². The van der Waals surface area contributed by atoms with E-state index < -0.39 is 0 Å². The van der Waals surface area contributed by atoms with Gasteiger partial charge in [0.1, 0.15) is 0 Å². The Morgan fingerprint density at radius 1 is 1.31 bits per heavy atom. The van der Waals surface area contributed by atoms with Crippen LogP contribution in [0.25, 0.3) is 0 Å². The molecule has 72 valence electrons. The minimum Gasteiger partial charge on any atom is -0.366 e. The minimum atomic E-state index is 0.299. The van der Waals surface area contributed by atoms with Crippen LogP contribution in [0.4, 0.5) is 5.95 Å². The third-order valence-corrected chi connectivity index (χ3v) is 2.74. The number of hydrogen-bond donors (Lipinski definition) is 2. The molecule has 2 rings (SSSR count). The molecular weight excluding hydrogens is 166 g/mol. The van der Waals surface area contributed by atoms with Crippen LogP contribution in [-0.2, 0) is 6.42 Å². The summed E-state index contributed by atoms with van der Waals surface area (Å²) < 4.78 is 1.39. The van der Waals surface area contributed by atoms with Gasteiger partial charge in [-0.25, -0.2) is 4.68 Å². The molecule has 4 N–H and O–H groups in total. The van der Waals surface area contributed by atoms with Crippen LogP contribution in [0.5, 0.6) is 0 Å². The zero-order valence-corrected chi connectivity index (χ0v) is 7.61. The van der Waals surface area contributed by atoms with Crippen LogP contribution in [0.2, 0.25) is 0 Å². The summed E-state index contributed by atoms with van der Waals surface area (Å²) in [7, 11) is 0. The fourth-order valence-electron chi connectivity index (χ4n) is 1.95. The van der Waals surface area contributed by atoms with Crippen molar-refractivity contribution in [2.24, 2.45) is 5.92 Å². The average Bonchev–Trinajstić information content (AvgIpc) is 2.71. The van der Waals surface area contributed by atoms with Crippen LogP contribution >= 0.6 is 0 Å². The van der Waals surface area contributed by atoms with Crippen molar-refractivity contribution in [2.75, 3.05) is 11.6 Å². The SMILES string of the molecule is Nc1nnc(CC2CCCC2)n1N. The summed E-state index contributed by atoms with van der Waals surface area (Å²) in [4.78, 5) is 0. The number of nitrogen functional groups attached to an aromatic ring is 2. The monoisotopic (exact) mass is 181 g/mol. The third kappa shape index (κ3) is 1.59. The number of nitrogens with zero attached hydrogens (tertiary/aromatic N) is 3. The van der Waals surface area contributed by atoms with Gasteiger partial charge in [0.25, 0.3) is 0 Å². The highest BCUT2D eigenvalue weighted by molar-refractivity contribution is 5.17. The van der Waals surface area contributed by atoms with E-state index >= 15 is 0 Å². The second-order valence-corrected chi connectivity index (χ2v) is 3.70. The molecule has 0 aromatic carbocycles. The summed E-state index contributed by atoms with van der Waals surface area (Å²) in [5, 5.41) is 7.67. The number of hydrogen-bond acceptors (Lipinski definition) is 4. The summed E-state index contributed by atoms with van der Waals surface area (Å²) in [6.07, 6.45) is 6.15. The Labute approximate surface area is 77.1 Å². The van der Waals surface area contributed by atoms with Crippen LogP contribution in [0, 0.1) is 5.92 Å². The van der Waals surface area contributed by atoms with Crippen LogP contribution in [0.1, 0.15) is 31.5 Å². The molecule has 0 saturated heterocycles. The molecule has 0 unspecified atom stereocenters. The van der Waals surface area contributed by atoms with Crippen molar-refractivity contribution < 1.29 is 0 Å². The molecule has 0 bridgehead atoms. The Morgan fingerprint density at radius 3 is 2.54 bits per heavy atom. The lowest BCUT2D eigenvalue weighted by Gasteiger charge is -2.06. The summed E-state index contributed by atoms with van der Waals surface area (Å²) in [6.45, 7) is 0. The molecule has 0 radical (unpaired) electrons. The van der Waals surface area contributed by atoms with E-state index in [4.69, 9.17) is 11.6 Å². The van der Waals surface area contributed by atoms with Gasteiger partial charge in [0.15, 0.2) is 5.82 Å². The van der Waals surface area contributed by atoms with Crippen LogP contribution in [-0.4, -0.2) is 14.9 Å². The first kappa shape index (κ1) is 8.34. The normalized spacial score (nSPS) is 18.2. The smallest absolute Gasteiger partial charge is 0.240 e. The molecule has 0 amide bonds. The maximum atomic E-state index is 5.65. The molecule has 0 spiro atoms. The van der Waals surface area contributed by atoms with Gasteiger partial charge in [0.05, 0.1) is 0 Å². The second kappa shape index (κ2) is 3.24. The number of rotatable bonds is 2. The standard InChI is InChI=1S/C8H15N5/c9-8-12-11-7(13(8)10)5-6-3-1-2-4-6/h6H,1-5,10H2,(H2,9,12). The molecule has 1 aromatic heterocycles. The van der Waals surface area contributed by atoms with E-state index in [1.54, 1.807) is 0 Å². The van der Waals surface area contributed by atoms with Gasteiger partial charge in [-0.3, -0.25) is 0 Å². The summed E-state index contributed by atoms with van der Waals surface area (Å²) in [6, 6.07) is 0. The first-order valence-electron chi connectivity index (χ1n) is 4.72. The largest absolute Gasteiger partial charge is 0.366 e. The summed E-state index contributed by atoms with van der Waals surface area (Å²) >= 11 is 0. The van der Waals surface area contributed by atoms with Crippen LogP contribution < -0.4 is 11.6 Å². The van der Waals surface area contributed by atoms with Crippen molar-refractivity contribution in [2.45, 2.75) is 32.1 Å². The van der Waals surface area contributed by atoms with E-state index in [-0.39, 0.29) is 0 Å². The molecular formula is C8H15N5. The maximum absolute atomic E-state index is 5.65. The van der Waals surface area contributed by atoms with Crippen molar-refractivity contribution in [1.29, 1.82) is 0 Å². The molecule has 1 heterocycles. The predicted molar refractivity (Wildman–Crippen MR) is 50.2 cm³/mol. The Morgan fingerprint density at radius 2 is 2.00 bits per heavy atom. The minimum absolute atomic E-state index is 0.299. The van der Waals surface area contributed by atoms with Crippen molar-refractivity contribution in [3.05, 3.63) is 5.82 Å². The van der Waals surface area contributed by atoms with Crippen molar-refractivity contribution >= 4 is 5.95 Å². The average molecular weight is 181 g/mol. The fourth-order valence-corrected chi connectivity index (χ4v) is 1.95. The van der Waals surface area contributed by atoms with Crippen LogP contribution in [0.15, 0.2) is 0 Å². The molecule has 1 aliphatic carbocycles. The lowest BCUT2D eigenvalue weighted by Crippen LogP contribution is -2.17. The van der Waals surface area contributed by atoms with E-state index in [0.29, 0.717) is 5.95 Å². The molecule has 5 nitrogen and oxygen atoms in total. The van der Waals surface area contributed by atoms with E-state index in [1.165, 1.54) is 30.4 Å². The zero-order chi connectivity index (χ0) is 9.26. The first-order valence-corrected chi connectivity index (χ1v) is 4.72. The van der Waals surface area contributed by atoms with Gasteiger partial charge in [-0.1, -0.05) is 25.7 Å². The summed E-state index contributed by atoms with van der Waals surface area (Å²) in [5.74, 6) is 7.48. The zero-order valence-electron chi connectivity index (χ0n) is 7.61. The van der Waals surface area contributed by atoms with Crippen molar-refractivity contribution in [3.63, 3.8) is 0 Å². The van der Waals surface area contributed by atoms with Crippen molar-refractivity contribution in [1.82, 2.24) is 14.9 Å². The lowest BCUT2D eigenvalue weighted by molar-refractivity contribution is 0.523. The fraction of sp³-hybridized carbons (Fsp3) is 0.750. The molecule has 1 aromatic rings. The maximum Gasteiger partial charge on any atom is 0.240 e. The van der Waals surface area contributed by atoms with Gasteiger partial charge >= 0.3 is 0 Å². The van der Waals surface area contributed by atoms with Crippen LogP contribution in [0.3, 0.4) is 0 Å². The molecule has 1 aliphatic rings. The Balaban J connectivity index is 2.04. The highest BCUT2D eigenvalue weighted by atomic mass is 15.4. The number of aromatic nitrogens is 3. The van der Waals surface area contributed by atoms with Gasteiger partial charge in [0, 0.05) is 6.42 Å². The van der Waals surface area contributed by atoms with Gasteiger partial charge < -0.3 is 11.6 Å². The molecule has 5 heteroatoms. The molecule has 1 saturated carbocycles. The van der Waals surface area contributed by atoms with E-state index in [1.807, 2.05) is 0 Å². The molecule has 0 aliphatic heterocycles. The Bertz CT molecular complexity index is 287. The third-order valence-electron chi connectivity index (χ3n) is 2.74. The van der Waals surface area contributed by atoms with Gasteiger partial charge in [-0.2, -0.15) is 0 Å². The van der Waals surface area contributed by atoms with E-state index in [0.717, 1.165) is 18.2 Å². The predicted octanol–water partition coefficient (Wildman–Crippen LogP) is 0.307. The van der Waals surface area contributed by atoms with Gasteiger partial charge in [-0.15, -0.1) is 10.2 Å². The van der Waals surface area contributed by atoms with Gasteiger partial charge in [-0.05, 0) is 5.92 Å². The first-order chi connectivity index (χ1) is 6.27. The quantitative estimate of drug-likeness (QED) is 0.643. The summed E-state index contributed by atoms with van der Waals surface area (Å²) in [5.41, 5.74) is 5.48. The highest BCUT2D eigenvalue weighted by Crippen LogP contribution is 2.27. The second-order valence-electron chi connectivity index (χ2n) is 3.70. The van der Waals surface area contributed by atoms with E-state index in [2.05, 4.69) is 10.2 Å². The Hall–Kier alpha value is -1.26. The molecule has 13 heavy (non-hydrogen) atoms. The topological polar surface area (TPSA) is 82.8 Å². The molecule has 0 atom stereocenters. The highest BCUT2D eigenvalue weighted by Gasteiger charge is 2.18. The van der Waals surface area contributed by atoms with Crippen molar-refractivity contribution in [3.8, 4) is 0 Å². The van der Waals surface area contributed by atoms with E-state index in [9.17, 15) is 0 Å². The number of nitrogens with two attached hydrogens (primary N) is 2.